The normalized spacial score (nSPS) is 20.3. The molecular formula is C19H30N4O4S. The molecular weight excluding hydrogens is 380 g/mol. The Hall–Kier alpha value is -1.74. The van der Waals surface area contributed by atoms with Crippen LogP contribution in [0.5, 0.6) is 0 Å². The molecule has 1 aromatic rings. The first-order valence-electron chi connectivity index (χ1n) is 10.1. The fourth-order valence-corrected chi connectivity index (χ4v) is 5.45. The van der Waals surface area contributed by atoms with Crippen LogP contribution in [-0.2, 0) is 26.2 Å². The topological polar surface area (TPSA) is 92.6 Å². The SMILES string of the molecule is CC(C)c1nccn1CC1CCN(S(=O)(=O)CCN2C(=O)CCCC2=O)CC1. The molecule has 2 saturated heterocycles. The summed E-state index contributed by atoms with van der Waals surface area (Å²) in [5.74, 6) is 1.14. The molecule has 0 unspecified atom stereocenters. The highest BCUT2D eigenvalue weighted by atomic mass is 32.2. The summed E-state index contributed by atoms with van der Waals surface area (Å²) < 4.78 is 29.0. The van der Waals surface area contributed by atoms with Crippen molar-refractivity contribution < 1.29 is 18.0 Å². The Morgan fingerprint density at radius 2 is 1.79 bits per heavy atom. The first-order chi connectivity index (χ1) is 13.3. The van der Waals surface area contributed by atoms with Gasteiger partial charge in [0.2, 0.25) is 21.8 Å². The third kappa shape index (κ3) is 4.81. The van der Waals surface area contributed by atoms with Gasteiger partial charge in [0.1, 0.15) is 5.82 Å². The lowest BCUT2D eigenvalue weighted by Gasteiger charge is -2.32. The maximum absolute atomic E-state index is 12.7. The molecule has 3 rings (SSSR count). The number of amides is 2. The second-order valence-corrected chi connectivity index (χ2v) is 10.1. The van der Waals surface area contributed by atoms with Crippen LogP contribution in [0.15, 0.2) is 12.4 Å². The molecule has 0 bridgehead atoms. The van der Waals surface area contributed by atoms with E-state index in [4.69, 9.17) is 0 Å². The molecule has 0 atom stereocenters. The van der Waals surface area contributed by atoms with Gasteiger partial charge < -0.3 is 4.57 Å². The Balaban J connectivity index is 1.51. The second kappa shape index (κ2) is 8.73. The number of carbonyl (C=O) groups is 2. The zero-order valence-electron chi connectivity index (χ0n) is 16.7. The Kier molecular flexibility index (Phi) is 6.54. The molecule has 0 radical (unpaired) electrons. The van der Waals surface area contributed by atoms with Crippen LogP contribution in [0.3, 0.4) is 0 Å². The number of imidazole rings is 1. The fraction of sp³-hybridized carbons (Fsp3) is 0.737. The van der Waals surface area contributed by atoms with E-state index >= 15 is 0 Å². The number of piperidine rings is 2. The molecule has 1 aromatic heterocycles. The number of hydrogen-bond acceptors (Lipinski definition) is 5. The summed E-state index contributed by atoms with van der Waals surface area (Å²) in [5, 5.41) is 0. The van der Waals surface area contributed by atoms with Gasteiger partial charge in [-0.15, -0.1) is 0 Å². The minimum atomic E-state index is -3.47. The molecule has 0 N–H and O–H groups in total. The van der Waals surface area contributed by atoms with E-state index in [9.17, 15) is 18.0 Å². The van der Waals surface area contributed by atoms with Gasteiger partial charge in [-0.2, -0.15) is 0 Å². The summed E-state index contributed by atoms with van der Waals surface area (Å²) in [4.78, 5) is 29.2. The van der Waals surface area contributed by atoms with Crippen LogP contribution in [0, 0.1) is 5.92 Å². The summed E-state index contributed by atoms with van der Waals surface area (Å²) in [6, 6.07) is 0. The lowest BCUT2D eigenvalue weighted by Crippen LogP contribution is -2.46. The predicted molar refractivity (Wildman–Crippen MR) is 105 cm³/mol. The molecule has 2 amide bonds. The molecule has 9 heteroatoms. The summed E-state index contributed by atoms with van der Waals surface area (Å²) in [7, 11) is -3.47. The highest BCUT2D eigenvalue weighted by molar-refractivity contribution is 7.89. The van der Waals surface area contributed by atoms with Crippen molar-refractivity contribution in [1.29, 1.82) is 0 Å². The van der Waals surface area contributed by atoms with Gasteiger partial charge in [-0.3, -0.25) is 14.5 Å². The first-order valence-corrected chi connectivity index (χ1v) is 11.7. The molecule has 28 heavy (non-hydrogen) atoms. The third-order valence-corrected chi connectivity index (χ3v) is 7.49. The molecule has 0 aromatic carbocycles. The molecule has 0 aliphatic carbocycles. The maximum Gasteiger partial charge on any atom is 0.229 e. The first kappa shape index (κ1) is 21.0. The number of sulfonamides is 1. The number of aromatic nitrogens is 2. The quantitative estimate of drug-likeness (QED) is 0.637. The summed E-state index contributed by atoms with van der Waals surface area (Å²) in [6.45, 7) is 6.03. The van der Waals surface area contributed by atoms with Crippen LogP contribution in [0.1, 0.15) is 57.7 Å². The lowest BCUT2D eigenvalue weighted by atomic mass is 9.98. The molecule has 2 fully saturated rings. The minimum Gasteiger partial charge on any atom is -0.334 e. The predicted octanol–water partition coefficient (Wildman–Crippen LogP) is 1.59. The van der Waals surface area contributed by atoms with E-state index in [2.05, 4.69) is 23.4 Å². The van der Waals surface area contributed by atoms with Gasteiger partial charge in [0.25, 0.3) is 0 Å². The standard InChI is InChI=1S/C19H30N4O4S/c1-15(2)19-20-8-11-21(19)14-16-6-9-22(10-7-16)28(26,27)13-12-23-17(24)4-3-5-18(23)25/h8,11,15-16H,3-7,9-10,12-14H2,1-2H3. The summed E-state index contributed by atoms with van der Waals surface area (Å²) in [5.41, 5.74) is 0. The number of carbonyl (C=O) groups excluding carboxylic acids is 2. The number of likely N-dealkylation sites (tertiary alicyclic amines) is 1. The Morgan fingerprint density at radius 1 is 1.14 bits per heavy atom. The van der Waals surface area contributed by atoms with E-state index < -0.39 is 10.0 Å². The van der Waals surface area contributed by atoms with E-state index in [1.165, 1.54) is 4.31 Å². The molecule has 2 aliphatic heterocycles. The summed E-state index contributed by atoms with van der Waals surface area (Å²) in [6.07, 6.45) is 6.62. The van der Waals surface area contributed by atoms with Crippen molar-refractivity contribution in [2.45, 2.75) is 58.4 Å². The van der Waals surface area contributed by atoms with E-state index in [1.807, 2.05) is 12.4 Å². The van der Waals surface area contributed by atoms with Gasteiger partial charge >= 0.3 is 0 Å². The highest BCUT2D eigenvalue weighted by Gasteiger charge is 2.31. The Bertz CT molecular complexity index is 794. The lowest BCUT2D eigenvalue weighted by molar-refractivity contribution is -0.147. The fourth-order valence-electron chi connectivity index (χ4n) is 4.01. The number of imide groups is 1. The molecule has 0 spiro atoms. The van der Waals surface area contributed by atoms with Crippen LogP contribution in [-0.4, -0.2) is 64.4 Å². The van der Waals surface area contributed by atoms with Crippen molar-refractivity contribution in [2.24, 2.45) is 5.92 Å². The van der Waals surface area contributed by atoms with Crippen LogP contribution in [0.4, 0.5) is 0 Å². The van der Waals surface area contributed by atoms with Crippen LogP contribution in [0.2, 0.25) is 0 Å². The zero-order chi connectivity index (χ0) is 20.3. The molecule has 156 valence electrons. The molecule has 0 saturated carbocycles. The van der Waals surface area contributed by atoms with Gasteiger partial charge in [0.05, 0.1) is 5.75 Å². The van der Waals surface area contributed by atoms with Crippen molar-refractivity contribution in [3.8, 4) is 0 Å². The Labute approximate surface area is 167 Å². The molecule has 2 aliphatic rings. The van der Waals surface area contributed by atoms with Crippen molar-refractivity contribution in [2.75, 3.05) is 25.4 Å². The number of nitrogens with zero attached hydrogens (tertiary/aromatic N) is 4. The van der Waals surface area contributed by atoms with Crippen molar-refractivity contribution in [1.82, 2.24) is 18.8 Å². The minimum absolute atomic E-state index is 0.0350. The number of hydrogen-bond donors (Lipinski definition) is 0. The van der Waals surface area contributed by atoms with Gasteiger partial charge in [-0.25, -0.2) is 17.7 Å². The van der Waals surface area contributed by atoms with Gasteiger partial charge in [-0.1, -0.05) is 13.8 Å². The van der Waals surface area contributed by atoms with Crippen LogP contribution < -0.4 is 0 Å². The average Bonchev–Trinajstić information content (AvgIpc) is 3.10. The van der Waals surface area contributed by atoms with E-state index in [1.54, 1.807) is 0 Å². The number of rotatable bonds is 7. The maximum atomic E-state index is 12.7. The van der Waals surface area contributed by atoms with E-state index in [-0.39, 0.29) is 24.1 Å². The van der Waals surface area contributed by atoms with Gasteiger partial charge in [0.15, 0.2) is 0 Å². The highest BCUT2D eigenvalue weighted by Crippen LogP contribution is 2.23. The van der Waals surface area contributed by atoms with Crippen LogP contribution >= 0.6 is 0 Å². The third-order valence-electron chi connectivity index (χ3n) is 5.64. The average molecular weight is 411 g/mol. The van der Waals surface area contributed by atoms with Crippen molar-refractivity contribution in [3.05, 3.63) is 18.2 Å². The van der Waals surface area contributed by atoms with Gasteiger partial charge in [-0.05, 0) is 25.2 Å². The molecule has 8 nitrogen and oxygen atoms in total. The summed E-state index contributed by atoms with van der Waals surface area (Å²) >= 11 is 0. The van der Waals surface area contributed by atoms with Crippen LogP contribution in [0.25, 0.3) is 0 Å². The smallest absolute Gasteiger partial charge is 0.229 e. The monoisotopic (exact) mass is 410 g/mol. The zero-order valence-corrected chi connectivity index (χ0v) is 17.5. The van der Waals surface area contributed by atoms with Crippen molar-refractivity contribution in [3.63, 3.8) is 0 Å². The van der Waals surface area contributed by atoms with E-state index in [0.29, 0.717) is 44.2 Å². The van der Waals surface area contributed by atoms with Crippen molar-refractivity contribution >= 4 is 21.8 Å². The molecule has 3 heterocycles. The van der Waals surface area contributed by atoms with E-state index in [0.717, 1.165) is 30.1 Å². The Morgan fingerprint density at radius 3 is 2.39 bits per heavy atom. The largest absolute Gasteiger partial charge is 0.334 e. The second-order valence-electron chi connectivity index (χ2n) is 8.04. The van der Waals surface area contributed by atoms with Gasteiger partial charge in [0, 0.05) is 57.3 Å².